The lowest BCUT2D eigenvalue weighted by molar-refractivity contribution is 0.0787. The Morgan fingerprint density at radius 2 is 1.92 bits per heavy atom. The highest BCUT2D eigenvalue weighted by atomic mass is 16.2. The third kappa shape index (κ3) is 5.28. The van der Waals surface area contributed by atoms with Gasteiger partial charge in [-0.25, -0.2) is 9.97 Å². The maximum absolute atomic E-state index is 12.7. The number of amides is 1. The fourth-order valence-electron chi connectivity index (χ4n) is 2.39. The van der Waals surface area contributed by atoms with E-state index in [2.05, 4.69) is 36.1 Å². The zero-order chi connectivity index (χ0) is 18.2. The molecule has 0 aliphatic heterocycles. The lowest BCUT2D eigenvalue weighted by Gasteiger charge is -2.18. The van der Waals surface area contributed by atoms with Gasteiger partial charge in [0.1, 0.15) is 11.5 Å². The molecule has 1 heterocycles. The van der Waals surface area contributed by atoms with Gasteiger partial charge < -0.3 is 10.2 Å². The molecular formula is C20H28N4O. The Labute approximate surface area is 150 Å². The van der Waals surface area contributed by atoms with Gasteiger partial charge in [0.15, 0.2) is 5.82 Å². The Hall–Kier alpha value is -2.43. The summed E-state index contributed by atoms with van der Waals surface area (Å²) < 4.78 is 0. The maximum Gasteiger partial charge on any atom is 0.272 e. The molecule has 1 atom stereocenters. The topological polar surface area (TPSA) is 58.1 Å². The second kappa shape index (κ2) is 9.16. The van der Waals surface area contributed by atoms with Crippen molar-refractivity contribution >= 4 is 11.7 Å². The summed E-state index contributed by atoms with van der Waals surface area (Å²) in [5.74, 6) is 1.19. The van der Waals surface area contributed by atoms with Crippen molar-refractivity contribution in [3.63, 3.8) is 0 Å². The Balaban J connectivity index is 2.37. The summed E-state index contributed by atoms with van der Waals surface area (Å²) in [5.41, 5.74) is 1.33. The normalized spacial score (nSPS) is 11.8. The first-order valence-corrected chi connectivity index (χ1v) is 9.01. The van der Waals surface area contributed by atoms with E-state index in [0.29, 0.717) is 17.3 Å². The number of carbonyl (C=O) groups excluding carboxylic acids is 1. The van der Waals surface area contributed by atoms with E-state index >= 15 is 0 Å². The molecular weight excluding hydrogens is 312 g/mol. The molecule has 134 valence electrons. The molecule has 2 aromatic rings. The van der Waals surface area contributed by atoms with Crippen LogP contribution in [0.1, 0.15) is 50.5 Å². The summed E-state index contributed by atoms with van der Waals surface area (Å²) in [7, 11) is 1.82. The fourth-order valence-corrected chi connectivity index (χ4v) is 2.39. The Morgan fingerprint density at radius 3 is 2.56 bits per heavy atom. The number of unbranched alkanes of at least 4 members (excludes halogenated alkanes) is 1. The van der Waals surface area contributed by atoms with Crippen molar-refractivity contribution in [3.8, 4) is 11.4 Å². The molecule has 1 N–H and O–H groups in total. The van der Waals surface area contributed by atoms with Gasteiger partial charge >= 0.3 is 0 Å². The van der Waals surface area contributed by atoms with Crippen molar-refractivity contribution in [3.05, 3.63) is 42.1 Å². The van der Waals surface area contributed by atoms with Gasteiger partial charge in [0.25, 0.3) is 5.91 Å². The smallest absolute Gasteiger partial charge is 0.272 e. The van der Waals surface area contributed by atoms with Gasteiger partial charge in [-0.1, -0.05) is 50.6 Å². The van der Waals surface area contributed by atoms with Crippen molar-refractivity contribution in [2.24, 2.45) is 0 Å². The van der Waals surface area contributed by atoms with E-state index in [1.807, 2.05) is 37.4 Å². The van der Waals surface area contributed by atoms with Crippen molar-refractivity contribution < 1.29 is 4.79 Å². The van der Waals surface area contributed by atoms with Crippen LogP contribution in [0.15, 0.2) is 36.4 Å². The molecule has 5 nitrogen and oxygen atoms in total. The molecule has 5 heteroatoms. The first-order valence-electron chi connectivity index (χ1n) is 9.01. The predicted octanol–water partition coefficient (Wildman–Crippen LogP) is 4.23. The second-order valence-corrected chi connectivity index (χ2v) is 6.36. The summed E-state index contributed by atoms with van der Waals surface area (Å²) in [6, 6.07) is 11.8. The molecule has 0 radical (unpaired) electrons. The van der Waals surface area contributed by atoms with Gasteiger partial charge in [0, 0.05) is 31.3 Å². The third-order valence-electron chi connectivity index (χ3n) is 4.18. The average Bonchev–Trinajstić information content (AvgIpc) is 2.65. The van der Waals surface area contributed by atoms with Crippen molar-refractivity contribution in [1.29, 1.82) is 0 Å². The Kier molecular flexibility index (Phi) is 6.92. The fraction of sp³-hybridized carbons (Fsp3) is 0.450. The standard InChI is InChI=1S/C20H28N4O/c1-5-7-13-24(4)20(25)17-14-18(21-15(3)6-2)23-19(22-17)16-11-9-8-10-12-16/h8-12,14-15H,5-7,13H2,1-4H3,(H,21,22,23). The lowest BCUT2D eigenvalue weighted by Crippen LogP contribution is -2.29. The number of rotatable bonds is 8. The van der Waals surface area contributed by atoms with Crippen LogP contribution in [-0.2, 0) is 0 Å². The molecule has 0 aliphatic rings. The quantitative estimate of drug-likeness (QED) is 0.781. The zero-order valence-electron chi connectivity index (χ0n) is 15.6. The summed E-state index contributed by atoms with van der Waals surface area (Å²) in [6.45, 7) is 7.06. The molecule has 1 unspecified atom stereocenters. The summed E-state index contributed by atoms with van der Waals surface area (Å²) in [5, 5.41) is 3.36. The SMILES string of the molecule is CCCCN(C)C(=O)c1cc(NC(C)CC)nc(-c2ccccc2)n1. The Morgan fingerprint density at radius 1 is 1.20 bits per heavy atom. The van der Waals surface area contributed by atoms with Crippen molar-refractivity contribution in [2.45, 2.75) is 46.1 Å². The van der Waals surface area contributed by atoms with E-state index < -0.39 is 0 Å². The number of nitrogens with zero attached hydrogens (tertiary/aromatic N) is 3. The van der Waals surface area contributed by atoms with Crippen LogP contribution in [0.3, 0.4) is 0 Å². The van der Waals surface area contributed by atoms with E-state index in [4.69, 9.17) is 0 Å². The minimum Gasteiger partial charge on any atom is -0.367 e. The van der Waals surface area contributed by atoms with E-state index in [1.54, 1.807) is 11.0 Å². The highest BCUT2D eigenvalue weighted by molar-refractivity contribution is 5.93. The highest BCUT2D eigenvalue weighted by Gasteiger charge is 2.17. The minimum absolute atomic E-state index is 0.0692. The van der Waals surface area contributed by atoms with Gasteiger partial charge in [0.05, 0.1) is 0 Å². The molecule has 2 rings (SSSR count). The van der Waals surface area contributed by atoms with Gasteiger partial charge in [-0.15, -0.1) is 0 Å². The molecule has 0 aliphatic carbocycles. The van der Waals surface area contributed by atoms with Gasteiger partial charge in [-0.05, 0) is 19.8 Å². The molecule has 0 saturated carbocycles. The number of benzene rings is 1. The van der Waals surface area contributed by atoms with E-state index in [-0.39, 0.29) is 11.9 Å². The zero-order valence-corrected chi connectivity index (χ0v) is 15.6. The minimum atomic E-state index is -0.0692. The molecule has 0 fully saturated rings. The van der Waals surface area contributed by atoms with Crippen LogP contribution in [0.2, 0.25) is 0 Å². The van der Waals surface area contributed by atoms with E-state index in [1.165, 1.54) is 0 Å². The first-order chi connectivity index (χ1) is 12.0. The maximum atomic E-state index is 12.7. The highest BCUT2D eigenvalue weighted by Crippen LogP contribution is 2.19. The Bertz CT molecular complexity index is 687. The van der Waals surface area contributed by atoms with Crippen LogP contribution in [-0.4, -0.2) is 40.4 Å². The number of carbonyl (C=O) groups is 1. The summed E-state index contributed by atoms with van der Waals surface area (Å²) in [4.78, 5) is 23.6. The summed E-state index contributed by atoms with van der Waals surface area (Å²) >= 11 is 0. The molecule has 0 saturated heterocycles. The van der Waals surface area contributed by atoms with Crippen LogP contribution in [0, 0.1) is 0 Å². The number of hydrogen-bond donors (Lipinski definition) is 1. The van der Waals surface area contributed by atoms with Crippen LogP contribution >= 0.6 is 0 Å². The summed E-state index contributed by atoms with van der Waals surface area (Å²) in [6.07, 6.45) is 3.01. The average molecular weight is 340 g/mol. The van der Waals surface area contributed by atoms with Gasteiger partial charge in [0.2, 0.25) is 0 Å². The predicted molar refractivity (Wildman–Crippen MR) is 103 cm³/mol. The van der Waals surface area contributed by atoms with Crippen LogP contribution in [0.5, 0.6) is 0 Å². The molecule has 1 amide bonds. The van der Waals surface area contributed by atoms with Crippen LogP contribution in [0.25, 0.3) is 11.4 Å². The van der Waals surface area contributed by atoms with Gasteiger partial charge in [-0.2, -0.15) is 0 Å². The van der Waals surface area contributed by atoms with E-state index in [9.17, 15) is 4.79 Å². The van der Waals surface area contributed by atoms with Gasteiger partial charge in [-0.3, -0.25) is 4.79 Å². The van der Waals surface area contributed by atoms with Crippen LogP contribution in [0.4, 0.5) is 5.82 Å². The lowest BCUT2D eigenvalue weighted by atomic mass is 10.2. The monoisotopic (exact) mass is 340 g/mol. The number of hydrogen-bond acceptors (Lipinski definition) is 4. The van der Waals surface area contributed by atoms with Crippen molar-refractivity contribution in [1.82, 2.24) is 14.9 Å². The molecule has 25 heavy (non-hydrogen) atoms. The number of nitrogens with one attached hydrogen (secondary N) is 1. The molecule has 0 bridgehead atoms. The first kappa shape index (κ1) is 18.9. The van der Waals surface area contributed by atoms with Crippen molar-refractivity contribution in [2.75, 3.05) is 18.9 Å². The molecule has 1 aromatic carbocycles. The van der Waals surface area contributed by atoms with Crippen LogP contribution < -0.4 is 5.32 Å². The largest absolute Gasteiger partial charge is 0.367 e. The van der Waals surface area contributed by atoms with E-state index in [0.717, 1.165) is 31.4 Å². The third-order valence-corrected chi connectivity index (χ3v) is 4.18. The number of aromatic nitrogens is 2. The molecule has 0 spiro atoms. The number of anilines is 1. The second-order valence-electron chi connectivity index (χ2n) is 6.36. The molecule has 1 aromatic heterocycles.